The Kier molecular flexibility index (Phi) is 7.20. The van der Waals surface area contributed by atoms with E-state index in [0.717, 1.165) is 6.07 Å². The normalized spacial score (nSPS) is 11.4. The van der Waals surface area contributed by atoms with Gasteiger partial charge in [0.1, 0.15) is 5.02 Å². The number of benzene rings is 3. The number of likely N-dealkylation sites (N-methyl/N-ethyl adjacent to an activating group) is 1. The highest BCUT2D eigenvalue weighted by atomic mass is 35.5. The Morgan fingerprint density at radius 2 is 1.58 bits per heavy atom. The van der Waals surface area contributed by atoms with E-state index in [4.69, 9.17) is 16.3 Å². The Bertz CT molecular complexity index is 1230. The second kappa shape index (κ2) is 10.1. The van der Waals surface area contributed by atoms with Crippen LogP contribution >= 0.6 is 11.6 Å². The molecule has 3 aromatic rings. The molecule has 0 heterocycles. The number of carbonyl (C=O) groups excluding carboxylic acids is 3. The second-order valence-corrected chi connectivity index (χ2v) is 7.49. The van der Waals surface area contributed by atoms with Gasteiger partial charge in [0.15, 0.2) is 11.9 Å². The lowest BCUT2D eigenvalue weighted by Gasteiger charge is -2.21. The highest BCUT2D eigenvalue weighted by Crippen LogP contribution is 2.27. The third-order valence-electron chi connectivity index (χ3n) is 4.90. The van der Waals surface area contributed by atoms with Gasteiger partial charge in [-0.2, -0.15) is 0 Å². The summed E-state index contributed by atoms with van der Waals surface area (Å²) in [5.74, 6) is -1.95. The van der Waals surface area contributed by atoms with Crippen molar-refractivity contribution in [2.24, 2.45) is 0 Å². The quantitative estimate of drug-likeness (QED) is 0.216. The van der Waals surface area contributed by atoms with E-state index in [2.05, 4.69) is 0 Å². The minimum absolute atomic E-state index is 0.0146. The SMILES string of the molecule is C[C@@H](OC(=O)c1ccccc1C(=O)c1ccc(Cl)c([N+](=O)[O-])c1)C(=O)N(C)c1ccccc1. The average molecular weight is 467 g/mol. The summed E-state index contributed by atoms with van der Waals surface area (Å²) in [6, 6.07) is 18.4. The summed E-state index contributed by atoms with van der Waals surface area (Å²) in [4.78, 5) is 50.4. The highest BCUT2D eigenvalue weighted by molar-refractivity contribution is 6.33. The van der Waals surface area contributed by atoms with E-state index in [1.807, 2.05) is 6.07 Å². The van der Waals surface area contributed by atoms with Crippen LogP contribution in [-0.2, 0) is 9.53 Å². The number of hydrogen-bond donors (Lipinski definition) is 0. The topological polar surface area (TPSA) is 107 Å². The van der Waals surface area contributed by atoms with Gasteiger partial charge in [0, 0.05) is 29.9 Å². The first kappa shape index (κ1) is 23.6. The van der Waals surface area contributed by atoms with Crippen LogP contribution in [-0.4, -0.2) is 35.7 Å². The molecule has 168 valence electrons. The first-order valence-corrected chi connectivity index (χ1v) is 10.2. The fourth-order valence-electron chi connectivity index (χ4n) is 3.13. The van der Waals surface area contributed by atoms with Crippen LogP contribution in [0.1, 0.15) is 33.2 Å². The number of anilines is 1. The molecule has 0 fully saturated rings. The van der Waals surface area contributed by atoms with Crippen molar-refractivity contribution >= 4 is 40.6 Å². The zero-order valence-electron chi connectivity index (χ0n) is 17.7. The monoisotopic (exact) mass is 466 g/mol. The van der Waals surface area contributed by atoms with Crippen LogP contribution in [0.15, 0.2) is 72.8 Å². The number of hydrogen-bond acceptors (Lipinski definition) is 6. The first-order chi connectivity index (χ1) is 15.7. The molecule has 0 unspecified atom stereocenters. The fourth-order valence-corrected chi connectivity index (χ4v) is 3.32. The van der Waals surface area contributed by atoms with Gasteiger partial charge in [0.2, 0.25) is 0 Å². The molecule has 3 aromatic carbocycles. The molecule has 1 atom stereocenters. The molecule has 0 aromatic heterocycles. The Hall–Kier alpha value is -4.04. The van der Waals surface area contributed by atoms with Gasteiger partial charge < -0.3 is 9.64 Å². The largest absolute Gasteiger partial charge is 0.449 e. The summed E-state index contributed by atoms with van der Waals surface area (Å²) in [7, 11) is 1.56. The average Bonchev–Trinajstić information content (AvgIpc) is 2.83. The number of amides is 1. The summed E-state index contributed by atoms with van der Waals surface area (Å²) in [5.41, 5.74) is 0.104. The number of nitro benzene ring substituents is 1. The minimum Gasteiger partial charge on any atom is -0.449 e. The van der Waals surface area contributed by atoms with Crippen molar-refractivity contribution in [2.45, 2.75) is 13.0 Å². The molecule has 0 bridgehead atoms. The number of nitrogens with zero attached hydrogens (tertiary/aromatic N) is 2. The van der Waals surface area contributed by atoms with E-state index < -0.39 is 34.4 Å². The predicted molar refractivity (Wildman–Crippen MR) is 123 cm³/mol. The molecule has 0 aliphatic carbocycles. The van der Waals surface area contributed by atoms with E-state index in [0.29, 0.717) is 5.69 Å². The third-order valence-corrected chi connectivity index (χ3v) is 5.22. The molecule has 0 aliphatic rings. The van der Waals surface area contributed by atoms with Gasteiger partial charge in [0.05, 0.1) is 10.5 Å². The number of rotatable bonds is 7. The lowest BCUT2D eigenvalue weighted by Crippen LogP contribution is -2.37. The molecule has 0 N–H and O–H groups in total. The summed E-state index contributed by atoms with van der Waals surface area (Å²) < 4.78 is 5.34. The first-order valence-electron chi connectivity index (χ1n) is 9.82. The van der Waals surface area contributed by atoms with Gasteiger partial charge in [-0.15, -0.1) is 0 Å². The van der Waals surface area contributed by atoms with Crippen LogP contribution in [0.3, 0.4) is 0 Å². The Labute approximate surface area is 194 Å². The van der Waals surface area contributed by atoms with Crippen LogP contribution in [0.2, 0.25) is 5.02 Å². The zero-order valence-corrected chi connectivity index (χ0v) is 18.5. The zero-order chi connectivity index (χ0) is 24.1. The van der Waals surface area contributed by atoms with Gasteiger partial charge in [0.25, 0.3) is 11.6 Å². The number of para-hydroxylation sites is 1. The van der Waals surface area contributed by atoms with Gasteiger partial charge in [-0.1, -0.05) is 48.0 Å². The highest BCUT2D eigenvalue weighted by Gasteiger charge is 2.26. The van der Waals surface area contributed by atoms with E-state index in [9.17, 15) is 24.5 Å². The number of carbonyl (C=O) groups is 3. The van der Waals surface area contributed by atoms with Crippen LogP contribution in [0, 0.1) is 10.1 Å². The molecule has 33 heavy (non-hydrogen) atoms. The predicted octanol–water partition coefficient (Wildman–Crippen LogP) is 4.69. The maximum Gasteiger partial charge on any atom is 0.339 e. The minimum atomic E-state index is -1.12. The standard InChI is InChI=1S/C24H19ClN2O6/c1-15(23(29)26(2)17-8-4-3-5-9-17)33-24(30)19-11-7-6-10-18(19)22(28)16-12-13-20(25)21(14-16)27(31)32/h3-15H,1-2H3/t15-/m1/s1. The van der Waals surface area contributed by atoms with Crippen molar-refractivity contribution in [1.29, 1.82) is 0 Å². The van der Waals surface area contributed by atoms with Crippen molar-refractivity contribution in [3.8, 4) is 0 Å². The summed E-state index contributed by atoms with van der Waals surface area (Å²) in [6.45, 7) is 1.44. The van der Waals surface area contributed by atoms with Crippen molar-refractivity contribution in [2.75, 3.05) is 11.9 Å². The molecule has 0 saturated carbocycles. The van der Waals surface area contributed by atoms with Gasteiger partial charge >= 0.3 is 5.97 Å². The molecule has 0 spiro atoms. The molecular formula is C24H19ClN2O6. The van der Waals surface area contributed by atoms with E-state index in [1.165, 1.54) is 36.1 Å². The van der Waals surface area contributed by atoms with E-state index in [1.54, 1.807) is 43.4 Å². The Morgan fingerprint density at radius 1 is 0.970 bits per heavy atom. The number of halogens is 1. The van der Waals surface area contributed by atoms with Gasteiger partial charge in [-0.25, -0.2) is 4.79 Å². The maximum atomic E-state index is 13.0. The molecule has 0 radical (unpaired) electrons. The third kappa shape index (κ3) is 5.24. The van der Waals surface area contributed by atoms with Gasteiger partial charge in [-0.05, 0) is 37.3 Å². The fraction of sp³-hybridized carbons (Fsp3) is 0.125. The van der Waals surface area contributed by atoms with E-state index >= 15 is 0 Å². The van der Waals surface area contributed by atoms with Gasteiger partial charge in [-0.3, -0.25) is 19.7 Å². The van der Waals surface area contributed by atoms with Crippen LogP contribution < -0.4 is 4.90 Å². The van der Waals surface area contributed by atoms with Crippen LogP contribution in [0.4, 0.5) is 11.4 Å². The smallest absolute Gasteiger partial charge is 0.339 e. The van der Waals surface area contributed by atoms with Crippen LogP contribution in [0.5, 0.6) is 0 Å². The molecule has 9 heteroatoms. The molecule has 1 amide bonds. The molecule has 8 nitrogen and oxygen atoms in total. The van der Waals surface area contributed by atoms with Crippen molar-refractivity contribution in [3.63, 3.8) is 0 Å². The van der Waals surface area contributed by atoms with Crippen molar-refractivity contribution < 1.29 is 24.0 Å². The number of ether oxygens (including phenoxy) is 1. The summed E-state index contributed by atoms with van der Waals surface area (Å²) in [5, 5.41) is 11.0. The van der Waals surface area contributed by atoms with Crippen LogP contribution in [0.25, 0.3) is 0 Å². The molecule has 0 saturated heterocycles. The van der Waals surface area contributed by atoms with Crippen molar-refractivity contribution in [3.05, 3.63) is 105 Å². The summed E-state index contributed by atoms with van der Waals surface area (Å²) in [6.07, 6.45) is -1.12. The Balaban J connectivity index is 1.83. The lowest BCUT2D eigenvalue weighted by atomic mass is 9.98. The van der Waals surface area contributed by atoms with Crippen molar-refractivity contribution in [1.82, 2.24) is 0 Å². The van der Waals surface area contributed by atoms with E-state index in [-0.39, 0.29) is 21.7 Å². The molecular weight excluding hydrogens is 448 g/mol. The Morgan fingerprint density at radius 3 is 2.21 bits per heavy atom. The summed E-state index contributed by atoms with van der Waals surface area (Å²) >= 11 is 5.82. The maximum absolute atomic E-state index is 13.0. The number of esters is 1. The number of ketones is 1. The second-order valence-electron chi connectivity index (χ2n) is 7.08. The number of nitro groups is 1. The lowest BCUT2D eigenvalue weighted by molar-refractivity contribution is -0.384. The molecule has 3 rings (SSSR count). The molecule has 0 aliphatic heterocycles.